The molecule has 1 amide bonds. The summed E-state index contributed by atoms with van der Waals surface area (Å²) in [7, 11) is 1.64. The first-order valence-electron chi connectivity index (χ1n) is 8.56. The Morgan fingerprint density at radius 2 is 1.89 bits per heavy atom. The minimum atomic E-state index is -0.178. The number of hydrogen-bond acceptors (Lipinski definition) is 6. The Balaban J connectivity index is 1.61. The summed E-state index contributed by atoms with van der Waals surface area (Å²) in [6.45, 7) is 2.07. The molecule has 27 heavy (non-hydrogen) atoms. The Labute approximate surface area is 161 Å². The van der Waals surface area contributed by atoms with Crippen LogP contribution in [0.2, 0.25) is 0 Å². The van der Waals surface area contributed by atoms with Gasteiger partial charge >= 0.3 is 0 Å². The van der Waals surface area contributed by atoms with Gasteiger partial charge in [0.15, 0.2) is 0 Å². The van der Waals surface area contributed by atoms with E-state index in [0.29, 0.717) is 42.7 Å². The molecule has 0 fully saturated rings. The second kappa shape index (κ2) is 9.36. The number of nitrogens with two attached hydrogens (primary N) is 1. The van der Waals surface area contributed by atoms with E-state index in [0.717, 1.165) is 15.8 Å². The van der Waals surface area contributed by atoms with Crippen molar-refractivity contribution in [3.63, 3.8) is 0 Å². The topological polar surface area (TPSA) is 82.8 Å². The molecule has 0 radical (unpaired) electrons. The van der Waals surface area contributed by atoms with Gasteiger partial charge in [-0.2, -0.15) is 0 Å². The van der Waals surface area contributed by atoms with Gasteiger partial charge in [0.25, 0.3) is 5.91 Å². The molecule has 3 aromatic rings. The van der Waals surface area contributed by atoms with Crippen LogP contribution in [0.5, 0.6) is 5.75 Å². The van der Waals surface area contributed by atoms with E-state index in [2.05, 4.69) is 5.32 Å². The summed E-state index contributed by atoms with van der Waals surface area (Å²) in [6.07, 6.45) is 0. The Morgan fingerprint density at radius 3 is 2.70 bits per heavy atom. The van der Waals surface area contributed by atoms with Gasteiger partial charge in [-0.15, -0.1) is 11.3 Å². The lowest BCUT2D eigenvalue weighted by molar-refractivity contribution is 0.0544. The number of thiophene rings is 1. The molecule has 0 aliphatic rings. The van der Waals surface area contributed by atoms with E-state index < -0.39 is 0 Å². The third-order valence-corrected chi connectivity index (χ3v) is 4.96. The number of carbonyl (C=O) groups is 1. The molecule has 6 nitrogen and oxygen atoms in total. The highest BCUT2D eigenvalue weighted by Crippen LogP contribution is 2.30. The molecule has 0 bridgehead atoms. The lowest BCUT2D eigenvalue weighted by Gasteiger charge is -2.07. The fourth-order valence-corrected chi connectivity index (χ4v) is 3.42. The molecule has 142 valence electrons. The molecule has 0 saturated heterocycles. The third-order valence-electron chi connectivity index (χ3n) is 3.85. The van der Waals surface area contributed by atoms with E-state index in [1.165, 1.54) is 11.3 Å². The summed E-state index contributed by atoms with van der Waals surface area (Å²) >= 11 is 1.43. The fourth-order valence-electron chi connectivity index (χ4n) is 2.48. The Kier molecular flexibility index (Phi) is 6.64. The number of nitrogens with one attached hydrogen (secondary N) is 1. The number of fused-ring (bicyclic) bond motifs is 1. The Bertz CT molecular complexity index is 910. The smallest absolute Gasteiger partial charge is 0.265 e. The minimum absolute atomic E-state index is 0.178. The molecule has 0 saturated carbocycles. The van der Waals surface area contributed by atoms with E-state index in [9.17, 15) is 4.79 Å². The maximum Gasteiger partial charge on any atom is 0.265 e. The molecule has 1 aromatic heterocycles. The molecule has 3 rings (SSSR count). The monoisotopic (exact) mass is 386 g/mol. The van der Waals surface area contributed by atoms with Crippen LogP contribution in [0.25, 0.3) is 10.1 Å². The van der Waals surface area contributed by atoms with Crippen molar-refractivity contribution in [2.75, 3.05) is 44.6 Å². The van der Waals surface area contributed by atoms with Crippen molar-refractivity contribution < 1.29 is 19.0 Å². The predicted octanol–water partition coefficient (Wildman–Crippen LogP) is 3.78. The first kappa shape index (κ1) is 19.2. The van der Waals surface area contributed by atoms with Gasteiger partial charge < -0.3 is 25.3 Å². The number of benzene rings is 2. The molecule has 0 unspecified atom stereocenters. The predicted molar refractivity (Wildman–Crippen MR) is 109 cm³/mol. The standard InChI is InChI=1S/C20H22N2O4S/c1-24-8-9-25-10-11-26-15-6-7-18-14(12-15)13-19(27-18)20(23)22-17-5-3-2-4-16(17)21/h2-7,12-13H,8-11,21H2,1H3,(H,22,23). The van der Waals surface area contributed by atoms with Gasteiger partial charge in [0.1, 0.15) is 12.4 Å². The number of amides is 1. The highest BCUT2D eigenvalue weighted by molar-refractivity contribution is 7.20. The van der Waals surface area contributed by atoms with Gasteiger partial charge in [-0.25, -0.2) is 0 Å². The van der Waals surface area contributed by atoms with Crippen molar-refractivity contribution in [2.24, 2.45) is 0 Å². The zero-order valence-electron chi connectivity index (χ0n) is 15.1. The number of para-hydroxylation sites is 2. The number of carbonyl (C=O) groups excluding carboxylic acids is 1. The molecule has 0 atom stereocenters. The molecule has 2 aromatic carbocycles. The van der Waals surface area contributed by atoms with Gasteiger partial charge in [0.05, 0.1) is 36.1 Å². The van der Waals surface area contributed by atoms with Gasteiger partial charge in [-0.3, -0.25) is 4.79 Å². The zero-order chi connectivity index (χ0) is 19.1. The van der Waals surface area contributed by atoms with Gasteiger partial charge in [0.2, 0.25) is 0 Å². The van der Waals surface area contributed by atoms with Crippen molar-refractivity contribution in [1.29, 1.82) is 0 Å². The second-order valence-electron chi connectivity index (χ2n) is 5.81. The quantitative estimate of drug-likeness (QED) is 0.432. The van der Waals surface area contributed by atoms with E-state index in [-0.39, 0.29) is 5.91 Å². The van der Waals surface area contributed by atoms with Gasteiger partial charge in [-0.1, -0.05) is 12.1 Å². The summed E-state index contributed by atoms with van der Waals surface area (Å²) in [6, 6.07) is 14.8. The van der Waals surface area contributed by atoms with Crippen LogP contribution in [0, 0.1) is 0 Å². The first-order valence-corrected chi connectivity index (χ1v) is 9.38. The minimum Gasteiger partial charge on any atom is -0.491 e. The van der Waals surface area contributed by atoms with Crippen molar-refractivity contribution in [3.05, 3.63) is 53.4 Å². The van der Waals surface area contributed by atoms with E-state index in [4.69, 9.17) is 19.9 Å². The summed E-state index contributed by atoms with van der Waals surface area (Å²) in [4.78, 5) is 13.1. The molecule has 0 spiro atoms. The van der Waals surface area contributed by atoms with Crippen molar-refractivity contribution in [1.82, 2.24) is 0 Å². The number of nitrogen functional groups attached to an aromatic ring is 1. The molecule has 3 N–H and O–H groups in total. The van der Waals surface area contributed by atoms with Crippen LogP contribution in [0.4, 0.5) is 11.4 Å². The van der Waals surface area contributed by atoms with Gasteiger partial charge in [0, 0.05) is 11.8 Å². The van der Waals surface area contributed by atoms with Crippen LogP contribution in [-0.4, -0.2) is 39.4 Å². The summed E-state index contributed by atoms with van der Waals surface area (Å²) in [5.41, 5.74) is 7.03. The first-order chi connectivity index (χ1) is 13.2. The molecule has 0 aliphatic heterocycles. The Hall–Kier alpha value is -2.61. The zero-order valence-corrected chi connectivity index (χ0v) is 15.9. The maximum absolute atomic E-state index is 12.5. The second-order valence-corrected chi connectivity index (χ2v) is 6.89. The third kappa shape index (κ3) is 5.19. The normalized spacial score (nSPS) is 10.9. The Morgan fingerprint density at radius 1 is 1.07 bits per heavy atom. The number of ether oxygens (including phenoxy) is 3. The van der Waals surface area contributed by atoms with Crippen LogP contribution < -0.4 is 15.8 Å². The van der Waals surface area contributed by atoms with Gasteiger partial charge in [-0.05, 0) is 41.8 Å². The summed E-state index contributed by atoms with van der Waals surface area (Å²) in [5, 5.41) is 3.81. The highest BCUT2D eigenvalue weighted by Gasteiger charge is 2.12. The average molecular weight is 386 g/mol. The molecule has 7 heteroatoms. The van der Waals surface area contributed by atoms with Crippen LogP contribution >= 0.6 is 11.3 Å². The number of hydrogen-bond donors (Lipinski definition) is 2. The molecular formula is C20H22N2O4S. The van der Waals surface area contributed by atoms with Crippen LogP contribution in [-0.2, 0) is 9.47 Å². The molecule has 0 aliphatic carbocycles. The largest absolute Gasteiger partial charge is 0.491 e. The number of rotatable bonds is 9. The van der Waals surface area contributed by atoms with E-state index >= 15 is 0 Å². The number of methoxy groups -OCH3 is 1. The average Bonchev–Trinajstić information content (AvgIpc) is 3.10. The van der Waals surface area contributed by atoms with Crippen LogP contribution in [0.1, 0.15) is 9.67 Å². The van der Waals surface area contributed by atoms with Crippen molar-refractivity contribution >= 4 is 38.7 Å². The lowest BCUT2D eigenvalue weighted by Crippen LogP contribution is -2.11. The van der Waals surface area contributed by atoms with E-state index in [1.54, 1.807) is 19.2 Å². The maximum atomic E-state index is 12.5. The van der Waals surface area contributed by atoms with E-state index in [1.807, 2.05) is 36.4 Å². The lowest BCUT2D eigenvalue weighted by atomic mass is 10.2. The highest BCUT2D eigenvalue weighted by atomic mass is 32.1. The van der Waals surface area contributed by atoms with Crippen LogP contribution in [0.3, 0.4) is 0 Å². The molecule has 1 heterocycles. The van der Waals surface area contributed by atoms with Crippen LogP contribution in [0.15, 0.2) is 48.5 Å². The SMILES string of the molecule is COCCOCCOc1ccc2sc(C(=O)Nc3ccccc3N)cc2c1. The summed E-state index contributed by atoms with van der Waals surface area (Å²) in [5.74, 6) is 0.568. The summed E-state index contributed by atoms with van der Waals surface area (Å²) < 4.78 is 17.0. The number of anilines is 2. The van der Waals surface area contributed by atoms with Crippen molar-refractivity contribution in [2.45, 2.75) is 0 Å². The van der Waals surface area contributed by atoms with Crippen molar-refractivity contribution in [3.8, 4) is 5.75 Å². The molecular weight excluding hydrogens is 364 g/mol. The fraction of sp³-hybridized carbons (Fsp3) is 0.250.